The van der Waals surface area contributed by atoms with E-state index < -0.39 is 0 Å². The van der Waals surface area contributed by atoms with Crippen molar-refractivity contribution in [2.24, 2.45) is 5.92 Å². The normalized spacial score (nSPS) is 13.8. The summed E-state index contributed by atoms with van der Waals surface area (Å²) >= 11 is 1.15. The number of allylic oxidation sites excluding steroid dienone is 3. The third-order valence-electron chi connectivity index (χ3n) is 4.56. The van der Waals surface area contributed by atoms with Gasteiger partial charge in [0, 0.05) is 6.54 Å². The predicted octanol–water partition coefficient (Wildman–Crippen LogP) is 4.93. The molecule has 0 atom stereocenters. The van der Waals surface area contributed by atoms with E-state index in [-0.39, 0.29) is 5.75 Å². The fourth-order valence-electron chi connectivity index (χ4n) is 2.74. The summed E-state index contributed by atoms with van der Waals surface area (Å²) in [4.78, 5) is 0. The summed E-state index contributed by atoms with van der Waals surface area (Å²) in [6.07, 6.45) is 5.53. The third kappa shape index (κ3) is 3.85. The van der Waals surface area contributed by atoms with Crippen LogP contribution >= 0.6 is 11.7 Å². The van der Waals surface area contributed by atoms with Gasteiger partial charge in [-0.1, -0.05) is 32.1 Å². The van der Waals surface area contributed by atoms with E-state index in [1.54, 1.807) is 0 Å². The number of hydrogen-bond acceptors (Lipinski definition) is 6. The number of aromatic hydroxyl groups is 1. The van der Waals surface area contributed by atoms with Crippen LogP contribution in [-0.4, -0.2) is 20.4 Å². The van der Waals surface area contributed by atoms with Crippen LogP contribution in [0.1, 0.15) is 31.4 Å². The van der Waals surface area contributed by atoms with E-state index in [2.05, 4.69) is 45.4 Å². The Morgan fingerprint density at radius 1 is 1.20 bits per heavy atom. The van der Waals surface area contributed by atoms with Gasteiger partial charge in [0.25, 0.3) is 0 Å². The molecule has 1 aromatic heterocycles. The molecule has 5 nitrogen and oxygen atoms in total. The molecule has 2 aromatic rings. The second kappa shape index (κ2) is 7.27. The maximum Gasteiger partial charge on any atom is 0.188 e. The molecular weight excluding hydrogens is 332 g/mol. The largest absolute Gasteiger partial charge is 0.505 e. The lowest BCUT2D eigenvalue weighted by atomic mass is 10.1. The Hall–Kier alpha value is -2.34. The third-order valence-corrected chi connectivity index (χ3v) is 5.09. The van der Waals surface area contributed by atoms with Gasteiger partial charge in [-0.05, 0) is 54.5 Å². The van der Waals surface area contributed by atoms with Crippen molar-refractivity contribution in [2.75, 3.05) is 17.2 Å². The summed E-state index contributed by atoms with van der Waals surface area (Å²) in [5, 5.41) is 16.8. The average Bonchev–Trinajstić information content (AvgIpc) is 3.22. The molecule has 1 aliphatic carbocycles. The van der Waals surface area contributed by atoms with E-state index in [1.807, 2.05) is 26.0 Å². The number of phenols is 1. The number of hydrogen-bond donors (Lipinski definition) is 3. The fourth-order valence-corrected chi connectivity index (χ4v) is 3.23. The van der Waals surface area contributed by atoms with Gasteiger partial charge < -0.3 is 15.7 Å². The monoisotopic (exact) mass is 356 g/mol. The molecule has 6 heteroatoms. The van der Waals surface area contributed by atoms with Gasteiger partial charge in [-0.25, -0.2) is 0 Å². The van der Waals surface area contributed by atoms with Crippen molar-refractivity contribution in [3.63, 3.8) is 0 Å². The van der Waals surface area contributed by atoms with E-state index in [4.69, 9.17) is 0 Å². The van der Waals surface area contributed by atoms with Crippen molar-refractivity contribution in [3.05, 3.63) is 46.6 Å². The first-order valence-corrected chi connectivity index (χ1v) is 9.21. The first-order chi connectivity index (χ1) is 12.0. The lowest BCUT2D eigenvalue weighted by molar-refractivity contribution is 0.473. The molecule has 0 saturated heterocycles. The molecule has 0 radical (unpaired) electrons. The number of benzene rings is 1. The maximum absolute atomic E-state index is 10.3. The average molecular weight is 356 g/mol. The Balaban J connectivity index is 1.68. The van der Waals surface area contributed by atoms with Crippen LogP contribution in [0.15, 0.2) is 35.4 Å². The Morgan fingerprint density at radius 2 is 1.96 bits per heavy atom. The number of phenolic OH excluding ortho intramolecular Hbond substituents is 1. The first-order valence-electron chi connectivity index (χ1n) is 8.47. The molecular formula is C19H24N4OS. The molecule has 0 unspecified atom stereocenters. The van der Waals surface area contributed by atoms with E-state index in [9.17, 15) is 5.11 Å². The number of anilines is 3. The highest BCUT2D eigenvalue weighted by molar-refractivity contribution is 6.99. The van der Waals surface area contributed by atoms with Crippen molar-refractivity contribution in [1.29, 1.82) is 0 Å². The van der Waals surface area contributed by atoms with E-state index >= 15 is 0 Å². The second-order valence-corrected chi connectivity index (χ2v) is 7.24. The number of aryl methyl sites for hydroxylation is 1. The summed E-state index contributed by atoms with van der Waals surface area (Å²) in [5.74, 6) is 2.16. The molecule has 1 aliphatic rings. The number of rotatable bonds is 6. The van der Waals surface area contributed by atoms with Crippen molar-refractivity contribution >= 4 is 29.1 Å². The van der Waals surface area contributed by atoms with Gasteiger partial charge in [0.15, 0.2) is 11.6 Å². The van der Waals surface area contributed by atoms with Crippen LogP contribution < -0.4 is 10.6 Å². The Morgan fingerprint density at radius 3 is 2.68 bits per heavy atom. The Kier molecular flexibility index (Phi) is 5.08. The molecule has 132 valence electrons. The van der Waals surface area contributed by atoms with Gasteiger partial charge in [0.2, 0.25) is 0 Å². The molecule has 3 N–H and O–H groups in total. The van der Waals surface area contributed by atoms with E-state index in [0.717, 1.165) is 35.8 Å². The van der Waals surface area contributed by atoms with Gasteiger partial charge in [0.05, 0.1) is 17.4 Å². The molecule has 25 heavy (non-hydrogen) atoms. The van der Waals surface area contributed by atoms with Crippen LogP contribution in [0.25, 0.3) is 0 Å². The Labute approximate surface area is 152 Å². The quantitative estimate of drug-likeness (QED) is 0.640. The summed E-state index contributed by atoms with van der Waals surface area (Å²) < 4.78 is 8.63. The fraction of sp³-hybridized carbons (Fsp3) is 0.368. The highest BCUT2D eigenvalue weighted by Gasteiger charge is 2.14. The standard InChI is InChI=1S/C19H24N4OS/c1-11(2)15-7-6-14(9-15)10-20-18-19(23-25-22-18)21-16-8-5-12(3)13(4)17(16)24/h5,7-9,11,24H,6,10H2,1-4H3,(H,20,22)(H,21,23). The second-order valence-electron chi connectivity index (χ2n) is 6.71. The molecule has 0 amide bonds. The topological polar surface area (TPSA) is 70.1 Å². The number of nitrogens with one attached hydrogen (secondary N) is 2. The minimum Gasteiger partial charge on any atom is -0.505 e. The van der Waals surface area contributed by atoms with Gasteiger partial charge in [-0.3, -0.25) is 0 Å². The summed E-state index contributed by atoms with van der Waals surface area (Å²) in [7, 11) is 0. The zero-order chi connectivity index (χ0) is 18.0. The minimum atomic E-state index is 0.253. The van der Waals surface area contributed by atoms with E-state index in [1.165, 1.54) is 11.1 Å². The van der Waals surface area contributed by atoms with Crippen molar-refractivity contribution in [1.82, 2.24) is 8.75 Å². The number of nitrogens with zero attached hydrogens (tertiary/aromatic N) is 2. The molecule has 0 saturated carbocycles. The molecule has 0 bridgehead atoms. The summed E-state index contributed by atoms with van der Waals surface area (Å²) in [5.41, 5.74) is 5.30. The van der Waals surface area contributed by atoms with Crippen LogP contribution in [-0.2, 0) is 0 Å². The minimum absolute atomic E-state index is 0.253. The molecule has 3 rings (SSSR count). The predicted molar refractivity (Wildman–Crippen MR) is 105 cm³/mol. The Bertz CT molecular complexity index is 836. The van der Waals surface area contributed by atoms with Crippen molar-refractivity contribution in [3.8, 4) is 5.75 Å². The van der Waals surface area contributed by atoms with Gasteiger partial charge in [-0.2, -0.15) is 8.75 Å². The van der Waals surface area contributed by atoms with Gasteiger partial charge in [-0.15, -0.1) is 0 Å². The van der Waals surface area contributed by atoms with Gasteiger partial charge >= 0.3 is 0 Å². The lowest BCUT2D eigenvalue weighted by Crippen LogP contribution is -2.06. The molecule has 0 fully saturated rings. The van der Waals surface area contributed by atoms with Crippen molar-refractivity contribution < 1.29 is 5.11 Å². The highest BCUT2D eigenvalue weighted by atomic mass is 32.1. The van der Waals surface area contributed by atoms with Crippen LogP contribution in [0.4, 0.5) is 17.3 Å². The smallest absolute Gasteiger partial charge is 0.188 e. The SMILES string of the molecule is Cc1ccc(Nc2nsnc2NCC2=CC(C(C)C)=CC2)c(O)c1C. The van der Waals surface area contributed by atoms with Crippen LogP contribution in [0, 0.1) is 19.8 Å². The van der Waals surface area contributed by atoms with Crippen molar-refractivity contribution in [2.45, 2.75) is 34.1 Å². The number of aromatic nitrogens is 2. The van der Waals surface area contributed by atoms with Crippen LogP contribution in [0.2, 0.25) is 0 Å². The molecule has 1 aromatic carbocycles. The van der Waals surface area contributed by atoms with Crippen LogP contribution in [0.5, 0.6) is 5.75 Å². The lowest BCUT2D eigenvalue weighted by Gasteiger charge is -2.12. The van der Waals surface area contributed by atoms with E-state index in [0.29, 0.717) is 23.2 Å². The summed E-state index contributed by atoms with van der Waals surface area (Å²) in [6.45, 7) is 9.04. The zero-order valence-electron chi connectivity index (χ0n) is 15.1. The van der Waals surface area contributed by atoms with Gasteiger partial charge in [0.1, 0.15) is 5.75 Å². The first kappa shape index (κ1) is 17.5. The highest BCUT2D eigenvalue weighted by Crippen LogP contribution is 2.33. The van der Waals surface area contributed by atoms with Crippen LogP contribution in [0.3, 0.4) is 0 Å². The molecule has 0 aliphatic heterocycles. The molecule has 1 heterocycles. The molecule has 0 spiro atoms. The zero-order valence-corrected chi connectivity index (χ0v) is 15.9. The maximum atomic E-state index is 10.3. The summed E-state index contributed by atoms with van der Waals surface area (Å²) in [6, 6.07) is 3.84.